The lowest BCUT2D eigenvalue weighted by Gasteiger charge is -2.19. The molecule has 172 valence electrons. The highest BCUT2D eigenvalue weighted by Crippen LogP contribution is 2.32. The maximum absolute atomic E-state index is 13.2. The van der Waals surface area contributed by atoms with Crippen LogP contribution in [0.5, 0.6) is 11.5 Å². The van der Waals surface area contributed by atoms with E-state index in [4.69, 9.17) is 14.2 Å². The predicted octanol–water partition coefficient (Wildman–Crippen LogP) is 4.07. The molecular formula is C25H25NO6S. The Morgan fingerprint density at radius 2 is 1.64 bits per heavy atom. The van der Waals surface area contributed by atoms with Crippen molar-refractivity contribution < 1.29 is 27.4 Å². The smallest absolute Gasteiger partial charge is 0.338 e. The average Bonchev–Trinajstić information content (AvgIpc) is 3.28. The van der Waals surface area contributed by atoms with Gasteiger partial charge in [0.15, 0.2) is 0 Å². The summed E-state index contributed by atoms with van der Waals surface area (Å²) in [6, 6.07) is 20.5. The second-order valence-corrected chi connectivity index (χ2v) is 9.23. The quantitative estimate of drug-likeness (QED) is 0.349. The molecule has 0 bridgehead atoms. The summed E-state index contributed by atoms with van der Waals surface area (Å²) in [4.78, 5) is 12.5. The van der Waals surface area contributed by atoms with E-state index in [1.807, 2.05) is 25.1 Å². The molecule has 0 radical (unpaired) electrons. The monoisotopic (exact) mass is 467 g/mol. The molecule has 0 unspecified atom stereocenters. The first-order valence-corrected chi connectivity index (χ1v) is 12.2. The molecule has 0 spiro atoms. The first-order chi connectivity index (χ1) is 16.0. The number of carbonyl (C=O) groups is 1. The molecule has 3 aromatic rings. The number of hydrogen-bond acceptors (Lipinski definition) is 6. The number of carbonyl (C=O) groups excluding carboxylic acids is 1. The first-order valence-electron chi connectivity index (χ1n) is 10.7. The minimum absolute atomic E-state index is 0.0303. The van der Waals surface area contributed by atoms with Crippen LogP contribution in [-0.4, -0.2) is 40.8 Å². The molecule has 0 aromatic heterocycles. The van der Waals surface area contributed by atoms with Crippen LogP contribution in [0.4, 0.5) is 5.69 Å². The molecule has 3 aromatic carbocycles. The maximum atomic E-state index is 13.2. The Bertz CT molecular complexity index is 1220. The van der Waals surface area contributed by atoms with Crippen LogP contribution < -0.4 is 13.8 Å². The molecule has 0 aliphatic carbocycles. The molecule has 33 heavy (non-hydrogen) atoms. The highest BCUT2D eigenvalue weighted by Gasteiger charge is 2.31. The summed E-state index contributed by atoms with van der Waals surface area (Å²) in [6.07, 6.45) is 0.658. The van der Waals surface area contributed by atoms with Gasteiger partial charge in [0.1, 0.15) is 24.7 Å². The van der Waals surface area contributed by atoms with E-state index in [0.717, 1.165) is 11.3 Å². The van der Waals surface area contributed by atoms with Crippen molar-refractivity contribution in [3.8, 4) is 11.5 Å². The van der Waals surface area contributed by atoms with Crippen molar-refractivity contribution in [2.75, 3.05) is 30.7 Å². The van der Waals surface area contributed by atoms with Gasteiger partial charge >= 0.3 is 5.97 Å². The van der Waals surface area contributed by atoms with E-state index < -0.39 is 16.0 Å². The van der Waals surface area contributed by atoms with Gasteiger partial charge in [0.05, 0.1) is 22.8 Å². The molecule has 0 N–H and O–H groups in total. The van der Waals surface area contributed by atoms with Gasteiger partial charge in [0, 0.05) is 6.54 Å². The molecule has 1 aliphatic heterocycles. The minimum atomic E-state index is -3.79. The molecule has 1 aliphatic rings. The normalized spacial score (nSPS) is 12.8. The SMILES string of the molecule is CCOc1ccc(OCCOC(=O)c2cccc(S(=O)(=O)N3CCc4ccccc43)c2)cc1. The van der Waals surface area contributed by atoms with E-state index in [2.05, 4.69) is 0 Å². The zero-order valence-corrected chi connectivity index (χ0v) is 19.1. The van der Waals surface area contributed by atoms with Crippen LogP contribution in [0.3, 0.4) is 0 Å². The summed E-state index contributed by atoms with van der Waals surface area (Å²) < 4.78 is 44.0. The number of rotatable bonds is 9. The van der Waals surface area contributed by atoms with Crippen LogP contribution >= 0.6 is 0 Å². The van der Waals surface area contributed by atoms with Crippen LogP contribution in [0.1, 0.15) is 22.8 Å². The average molecular weight is 468 g/mol. The summed E-state index contributed by atoms with van der Waals surface area (Å²) in [5.41, 5.74) is 1.84. The van der Waals surface area contributed by atoms with Gasteiger partial charge in [-0.1, -0.05) is 24.3 Å². The summed E-state index contributed by atoms with van der Waals surface area (Å²) in [6.45, 7) is 3.07. The van der Waals surface area contributed by atoms with Gasteiger partial charge in [0.25, 0.3) is 10.0 Å². The van der Waals surface area contributed by atoms with Gasteiger partial charge in [-0.2, -0.15) is 0 Å². The number of nitrogens with zero attached hydrogens (tertiary/aromatic N) is 1. The molecular weight excluding hydrogens is 442 g/mol. The van der Waals surface area contributed by atoms with Gasteiger partial charge in [0.2, 0.25) is 0 Å². The highest BCUT2D eigenvalue weighted by atomic mass is 32.2. The molecule has 0 fully saturated rings. The third-order valence-corrected chi connectivity index (χ3v) is 7.03. The fourth-order valence-electron chi connectivity index (χ4n) is 3.64. The zero-order valence-electron chi connectivity index (χ0n) is 18.3. The Labute approximate surface area is 193 Å². The Morgan fingerprint density at radius 1 is 0.909 bits per heavy atom. The third-order valence-electron chi connectivity index (χ3n) is 5.22. The minimum Gasteiger partial charge on any atom is -0.494 e. The summed E-state index contributed by atoms with van der Waals surface area (Å²) in [5.74, 6) is 0.779. The van der Waals surface area contributed by atoms with Crippen molar-refractivity contribution in [3.05, 3.63) is 83.9 Å². The van der Waals surface area contributed by atoms with Crippen molar-refractivity contribution in [3.63, 3.8) is 0 Å². The van der Waals surface area contributed by atoms with Crippen molar-refractivity contribution in [2.24, 2.45) is 0 Å². The number of benzene rings is 3. The lowest BCUT2D eigenvalue weighted by molar-refractivity contribution is 0.0450. The van der Waals surface area contributed by atoms with Crippen molar-refractivity contribution in [1.82, 2.24) is 0 Å². The number of fused-ring (bicyclic) bond motifs is 1. The maximum Gasteiger partial charge on any atom is 0.338 e. The molecule has 4 rings (SSSR count). The Kier molecular flexibility index (Phi) is 6.84. The fourth-order valence-corrected chi connectivity index (χ4v) is 5.19. The standard InChI is InChI=1S/C25H25NO6S/c1-2-30-21-10-12-22(13-11-21)31-16-17-32-25(27)20-7-5-8-23(18-20)33(28,29)26-15-14-19-6-3-4-9-24(19)26/h3-13,18H,2,14-17H2,1H3. The van der Waals surface area contributed by atoms with Crippen LogP contribution in [0.2, 0.25) is 0 Å². The lowest BCUT2D eigenvalue weighted by atomic mass is 10.2. The van der Waals surface area contributed by atoms with Crippen molar-refractivity contribution >= 4 is 21.7 Å². The number of esters is 1. The third kappa shape index (κ3) is 5.12. The number of para-hydroxylation sites is 1. The summed E-state index contributed by atoms with van der Waals surface area (Å²) in [5, 5.41) is 0. The Balaban J connectivity index is 1.36. The van der Waals surface area contributed by atoms with Gasteiger partial charge < -0.3 is 14.2 Å². The van der Waals surface area contributed by atoms with Crippen LogP contribution in [0, 0.1) is 0 Å². The molecule has 0 saturated heterocycles. The second kappa shape index (κ2) is 9.95. The summed E-state index contributed by atoms with van der Waals surface area (Å²) in [7, 11) is -3.79. The summed E-state index contributed by atoms with van der Waals surface area (Å²) >= 11 is 0. The van der Waals surface area contributed by atoms with E-state index in [9.17, 15) is 13.2 Å². The topological polar surface area (TPSA) is 82.1 Å². The number of hydrogen-bond donors (Lipinski definition) is 0. The van der Waals surface area contributed by atoms with E-state index in [1.54, 1.807) is 36.4 Å². The van der Waals surface area contributed by atoms with E-state index in [1.165, 1.54) is 22.5 Å². The molecule has 0 saturated carbocycles. The molecule has 8 heteroatoms. The molecule has 1 heterocycles. The van der Waals surface area contributed by atoms with E-state index in [-0.39, 0.29) is 23.7 Å². The van der Waals surface area contributed by atoms with Gasteiger partial charge in [-0.25, -0.2) is 13.2 Å². The molecule has 7 nitrogen and oxygen atoms in total. The van der Waals surface area contributed by atoms with Crippen LogP contribution in [0.15, 0.2) is 77.7 Å². The van der Waals surface area contributed by atoms with Crippen LogP contribution in [-0.2, 0) is 21.2 Å². The van der Waals surface area contributed by atoms with Gasteiger partial charge in [-0.15, -0.1) is 0 Å². The van der Waals surface area contributed by atoms with E-state index in [0.29, 0.717) is 31.0 Å². The largest absolute Gasteiger partial charge is 0.494 e. The first kappa shape index (κ1) is 22.7. The van der Waals surface area contributed by atoms with Gasteiger partial charge in [-0.05, 0) is 67.4 Å². The van der Waals surface area contributed by atoms with Crippen molar-refractivity contribution in [2.45, 2.75) is 18.2 Å². The van der Waals surface area contributed by atoms with Gasteiger partial charge in [-0.3, -0.25) is 4.31 Å². The number of ether oxygens (including phenoxy) is 3. The Morgan fingerprint density at radius 3 is 2.39 bits per heavy atom. The highest BCUT2D eigenvalue weighted by molar-refractivity contribution is 7.92. The second-order valence-electron chi connectivity index (χ2n) is 7.37. The zero-order chi connectivity index (χ0) is 23.3. The Hall–Kier alpha value is -3.52. The van der Waals surface area contributed by atoms with Crippen molar-refractivity contribution in [1.29, 1.82) is 0 Å². The molecule has 0 amide bonds. The van der Waals surface area contributed by atoms with E-state index >= 15 is 0 Å². The lowest BCUT2D eigenvalue weighted by Crippen LogP contribution is -2.29. The van der Waals surface area contributed by atoms with Crippen LogP contribution in [0.25, 0.3) is 0 Å². The number of anilines is 1. The predicted molar refractivity (Wildman–Crippen MR) is 125 cm³/mol. The molecule has 0 atom stereocenters. The number of sulfonamides is 1. The fraction of sp³-hybridized carbons (Fsp3) is 0.240.